The Bertz CT molecular complexity index is 1010. The summed E-state index contributed by atoms with van der Waals surface area (Å²) in [7, 11) is 0. The van der Waals surface area contributed by atoms with E-state index in [1.165, 1.54) is 6.92 Å². The molecule has 27 heavy (non-hydrogen) atoms. The molecule has 0 radical (unpaired) electrons. The quantitative estimate of drug-likeness (QED) is 0.476. The number of pyridine rings is 1. The molecule has 1 aromatic heterocycles. The van der Waals surface area contributed by atoms with Gasteiger partial charge in [0.05, 0.1) is 23.4 Å². The molecule has 0 saturated heterocycles. The SMILES string of the molecule is CCOC(=O)c1c(COc2cccc(C(C)=O)c2)nc2ccccc2c1C. The summed E-state index contributed by atoms with van der Waals surface area (Å²) in [5.74, 6) is 0.0989. The normalized spacial score (nSPS) is 10.6. The highest BCUT2D eigenvalue weighted by Gasteiger charge is 2.20. The van der Waals surface area contributed by atoms with Crippen molar-refractivity contribution < 1.29 is 19.1 Å². The average molecular weight is 363 g/mol. The number of hydrogen-bond acceptors (Lipinski definition) is 5. The molecule has 0 unspecified atom stereocenters. The zero-order chi connectivity index (χ0) is 19.4. The third kappa shape index (κ3) is 3.97. The van der Waals surface area contributed by atoms with Crippen LogP contribution in [0.4, 0.5) is 0 Å². The van der Waals surface area contributed by atoms with Crippen molar-refractivity contribution in [3.8, 4) is 5.75 Å². The summed E-state index contributed by atoms with van der Waals surface area (Å²) in [5.41, 5.74) is 3.12. The highest BCUT2D eigenvalue weighted by atomic mass is 16.5. The average Bonchev–Trinajstić information content (AvgIpc) is 2.67. The van der Waals surface area contributed by atoms with E-state index < -0.39 is 5.97 Å². The van der Waals surface area contributed by atoms with E-state index in [0.717, 1.165) is 16.5 Å². The molecule has 3 rings (SSSR count). The van der Waals surface area contributed by atoms with Crippen LogP contribution in [0.5, 0.6) is 5.75 Å². The fraction of sp³-hybridized carbons (Fsp3) is 0.227. The van der Waals surface area contributed by atoms with Gasteiger partial charge in [-0.1, -0.05) is 30.3 Å². The largest absolute Gasteiger partial charge is 0.487 e. The molecule has 5 heteroatoms. The van der Waals surface area contributed by atoms with Crippen LogP contribution in [0.1, 0.15) is 45.8 Å². The molecule has 0 N–H and O–H groups in total. The Hall–Kier alpha value is -3.21. The third-order valence-corrected chi connectivity index (χ3v) is 4.32. The Morgan fingerprint density at radius 1 is 1.07 bits per heavy atom. The van der Waals surface area contributed by atoms with Gasteiger partial charge in [-0.15, -0.1) is 0 Å². The van der Waals surface area contributed by atoms with Crippen LogP contribution in [-0.2, 0) is 11.3 Å². The number of para-hydroxylation sites is 1. The molecule has 3 aromatic rings. The zero-order valence-corrected chi connectivity index (χ0v) is 15.6. The fourth-order valence-electron chi connectivity index (χ4n) is 2.98. The van der Waals surface area contributed by atoms with Crippen molar-refractivity contribution in [1.82, 2.24) is 4.98 Å². The van der Waals surface area contributed by atoms with Gasteiger partial charge in [-0.25, -0.2) is 9.78 Å². The first-order chi connectivity index (χ1) is 13.0. The highest BCUT2D eigenvalue weighted by molar-refractivity contribution is 5.98. The molecule has 0 aliphatic carbocycles. The van der Waals surface area contributed by atoms with Crippen molar-refractivity contribution in [2.45, 2.75) is 27.4 Å². The molecular formula is C22H21NO4. The van der Waals surface area contributed by atoms with Crippen molar-refractivity contribution in [1.29, 1.82) is 0 Å². The van der Waals surface area contributed by atoms with E-state index >= 15 is 0 Å². The minimum atomic E-state index is -0.413. The van der Waals surface area contributed by atoms with E-state index in [2.05, 4.69) is 4.98 Å². The number of benzene rings is 2. The predicted octanol–water partition coefficient (Wildman–Crippen LogP) is 4.50. The number of hydrogen-bond donors (Lipinski definition) is 0. The van der Waals surface area contributed by atoms with E-state index in [-0.39, 0.29) is 19.0 Å². The van der Waals surface area contributed by atoms with Gasteiger partial charge >= 0.3 is 5.97 Å². The lowest BCUT2D eigenvalue weighted by molar-refractivity contribution is 0.0522. The smallest absolute Gasteiger partial charge is 0.340 e. The first-order valence-corrected chi connectivity index (χ1v) is 8.80. The first kappa shape index (κ1) is 18.6. The number of carbonyl (C=O) groups excluding carboxylic acids is 2. The Labute approximate surface area is 157 Å². The molecule has 2 aromatic carbocycles. The number of ketones is 1. The third-order valence-electron chi connectivity index (χ3n) is 4.32. The number of nitrogens with zero attached hydrogens (tertiary/aromatic N) is 1. The van der Waals surface area contributed by atoms with Gasteiger partial charge in [-0.3, -0.25) is 4.79 Å². The van der Waals surface area contributed by atoms with Crippen LogP contribution >= 0.6 is 0 Å². The fourth-order valence-corrected chi connectivity index (χ4v) is 2.98. The molecule has 0 bridgehead atoms. The molecule has 0 aliphatic heterocycles. The van der Waals surface area contributed by atoms with Gasteiger partial charge in [0, 0.05) is 10.9 Å². The summed E-state index contributed by atoms with van der Waals surface area (Å²) in [6.07, 6.45) is 0. The number of carbonyl (C=O) groups is 2. The molecule has 0 saturated carbocycles. The van der Waals surface area contributed by atoms with Gasteiger partial charge in [0.2, 0.25) is 0 Å². The zero-order valence-electron chi connectivity index (χ0n) is 15.6. The highest BCUT2D eigenvalue weighted by Crippen LogP contribution is 2.25. The second-order valence-electron chi connectivity index (χ2n) is 6.17. The number of fused-ring (bicyclic) bond motifs is 1. The summed E-state index contributed by atoms with van der Waals surface area (Å²) in [5, 5.41) is 0.905. The van der Waals surface area contributed by atoms with Crippen LogP contribution in [0.15, 0.2) is 48.5 Å². The van der Waals surface area contributed by atoms with Crippen molar-refractivity contribution in [2.75, 3.05) is 6.61 Å². The Morgan fingerprint density at radius 3 is 2.59 bits per heavy atom. The first-order valence-electron chi connectivity index (χ1n) is 8.80. The number of rotatable bonds is 6. The molecule has 0 aliphatic rings. The summed E-state index contributed by atoms with van der Waals surface area (Å²) < 4.78 is 11.1. The van der Waals surface area contributed by atoms with E-state index in [9.17, 15) is 9.59 Å². The van der Waals surface area contributed by atoms with E-state index in [1.807, 2.05) is 31.2 Å². The summed E-state index contributed by atoms with van der Waals surface area (Å²) >= 11 is 0. The maximum absolute atomic E-state index is 12.5. The van der Waals surface area contributed by atoms with Crippen molar-refractivity contribution in [3.05, 3.63) is 70.9 Å². The molecule has 5 nitrogen and oxygen atoms in total. The van der Waals surface area contributed by atoms with Crippen LogP contribution in [0, 0.1) is 6.92 Å². The number of Topliss-reactive ketones (excluding diaryl/α,β-unsaturated/α-hetero) is 1. The summed E-state index contributed by atoms with van der Waals surface area (Å²) in [4.78, 5) is 28.7. The molecular weight excluding hydrogens is 342 g/mol. The molecule has 0 fully saturated rings. The minimum Gasteiger partial charge on any atom is -0.487 e. The van der Waals surface area contributed by atoms with E-state index in [1.54, 1.807) is 31.2 Å². The summed E-state index contributed by atoms with van der Waals surface area (Å²) in [6, 6.07) is 14.6. The predicted molar refractivity (Wildman–Crippen MR) is 103 cm³/mol. The molecule has 138 valence electrons. The maximum atomic E-state index is 12.5. The van der Waals surface area contributed by atoms with Crippen LogP contribution in [0.25, 0.3) is 10.9 Å². The second-order valence-corrected chi connectivity index (χ2v) is 6.17. The lowest BCUT2D eigenvalue weighted by Gasteiger charge is -2.14. The number of ether oxygens (including phenoxy) is 2. The Morgan fingerprint density at radius 2 is 1.85 bits per heavy atom. The minimum absolute atomic E-state index is 0.0349. The van der Waals surface area contributed by atoms with Gasteiger partial charge in [-0.05, 0) is 44.5 Å². The molecule has 0 spiro atoms. The second kappa shape index (κ2) is 7.99. The lowest BCUT2D eigenvalue weighted by Crippen LogP contribution is -2.14. The molecule has 1 heterocycles. The van der Waals surface area contributed by atoms with Crippen LogP contribution in [0.2, 0.25) is 0 Å². The van der Waals surface area contributed by atoms with Gasteiger partial charge in [-0.2, -0.15) is 0 Å². The van der Waals surface area contributed by atoms with Crippen LogP contribution in [-0.4, -0.2) is 23.3 Å². The van der Waals surface area contributed by atoms with Crippen LogP contribution < -0.4 is 4.74 Å². The summed E-state index contributed by atoms with van der Waals surface area (Å²) in [6.45, 7) is 5.54. The lowest BCUT2D eigenvalue weighted by atomic mass is 10.0. The van der Waals surface area contributed by atoms with Gasteiger partial charge in [0.1, 0.15) is 12.4 Å². The van der Waals surface area contributed by atoms with Crippen molar-refractivity contribution in [3.63, 3.8) is 0 Å². The Kier molecular flexibility index (Phi) is 5.50. The Balaban J connectivity index is 1.99. The van der Waals surface area contributed by atoms with E-state index in [0.29, 0.717) is 22.6 Å². The van der Waals surface area contributed by atoms with Crippen LogP contribution in [0.3, 0.4) is 0 Å². The van der Waals surface area contributed by atoms with Gasteiger partial charge in [0.15, 0.2) is 5.78 Å². The van der Waals surface area contributed by atoms with Gasteiger partial charge in [0.25, 0.3) is 0 Å². The monoisotopic (exact) mass is 363 g/mol. The maximum Gasteiger partial charge on any atom is 0.340 e. The standard InChI is InChI=1S/C22H21NO4/c1-4-26-22(25)21-14(2)18-10-5-6-11-19(18)23-20(21)13-27-17-9-7-8-16(12-17)15(3)24/h5-12H,4,13H2,1-3H3. The number of aromatic nitrogens is 1. The van der Waals surface area contributed by atoms with Gasteiger partial charge < -0.3 is 9.47 Å². The molecule has 0 atom stereocenters. The van der Waals surface area contributed by atoms with Crippen molar-refractivity contribution in [2.24, 2.45) is 0 Å². The topological polar surface area (TPSA) is 65.5 Å². The molecule has 0 amide bonds. The van der Waals surface area contributed by atoms with E-state index in [4.69, 9.17) is 9.47 Å². The number of aryl methyl sites for hydroxylation is 1. The van der Waals surface area contributed by atoms with Crippen molar-refractivity contribution >= 4 is 22.7 Å². The number of esters is 1.